The van der Waals surface area contributed by atoms with Gasteiger partial charge in [-0.15, -0.1) is 5.10 Å². The minimum Gasteiger partial charge on any atom is -0.452 e. The van der Waals surface area contributed by atoms with Crippen molar-refractivity contribution in [3.05, 3.63) is 58.0 Å². The van der Waals surface area contributed by atoms with Gasteiger partial charge in [-0.1, -0.05) is 214 Å². The second kappa shape index (κ2) is 56.9. The van der Waals surface area contributed by atoms with E-state index in [0.29, 0.717) is 23.4 Å². The molecule has 11 heteroatoms. The van der Waals surface area contributed by atoms with Gasteiger partial charge >= 0.3 is 12.1 Å². The Labute approximate surface area is 394 Å². The number of aromatic nitrogens is 4. The molecule has 2 atom stereocenters. The summed E-state index contributed by atoms with van der Waals surface area (Å²) in [6.45, 7) is 0.0183. The maximum atomic E-state index is 12.2. The molecule has 2 aliphatic carbocycles. The van der Waals surface area contributed by atoms with Crippen LogP contribution in [0.1, 0.15) is 241 Å². The molecule has 2 bridgehead atoms. The Balaban J connectivity index is -0.0000000337. The van der Waals surface area contributed by atoms with Crippen LogP contribution in [-0.4, -0.2) is 32.1 Å². The third-order valence-electron chi connectivity index (χ3n) is 6.84. The van der Waals surface area contributed by atoms with E-state index in [1.165, 1.54) is 17.3 Å². The van der Waals surface area contributed by atoms with E-state index in [1.807, 2.05) is 18.2 Å². The number of nitrogens with zero attached hydrogens (tertiary/aromatic N) is 4. The summed E-state index contributed by atoms with van der Waals surface area (Å²) in [6.07, 6.45) is 4.54. The van der Waals surface area contributed by atoms with Crippen molar-refractivity contribution in [2.75, 3.05) is 5.73 Å². The molecule has 2 heterocycles. The summed E-state index contributed by atoms with van der Waals surface area (Å²) in [6, 6.07) is 5.66. The maximum absolute atomic E-state index is 12.2. The van der Waals surface area contributed by atoms with Gasteiger partial charge in [0.1, 0.15) is 12.3 Å². The van der Waals surface area contributed by atoms with Crippen LogP contribution in [0.3, 0.4) is 0 Å². The summed E-state index contributed by atoms with van der Waals surface area (Å²) < 4.78 is 42.4. The number of alkyl halides is 3. The number of allylic oxidation sites excluding steroid dienone is 2. The van der Waals surface area contributed by atoms with Crippen LogP contribution < -0.4 is 5.73 Å². The van der Waals surface area contributed by atoms with Crippen molar-refractivity contribution in [2.45, 2.75) is 249 Å². The molecular weight excluding hydrogens is 795 g/mol. The fourth-order valence-corrected chi connectivity index (χ4v) is 5.50. The molecule has 1 aromatic carbocycles. The first-order valence-corrected chi connectivity index (χ1v) is 12.2. The zero-order valence-corrected chi connectivity index (χ0v) is 20.1. The second-order valence-electron chi connectivity index (χ2n) is 9.48. The summed E-state index contributed by atoms with van der Waals surface area (Å²) in [5.74, 6) is -1.42. The third kappa shape index (κ3) is 32.2. The number of anilines is 1. The van der Waals surface area contributed by atoms with Crippen molar-refractivity contribution in [1.29, 1.82) is 0 Å². The molecule has 0 fully saturated rings. The van der Waals surface area contributed by atoms with Crippen molar-refractivity contribution in [2.24, 2.45) is 5.92 Å². The second-order valence-corrected chi connectivity index (χ2v) is 9.91. The number of nitrogen functional groups attached to an aromatic ring is 1. The van der Waals surface area contributed by atoms with E-state index >= 15 is 0 Å². The number of ether oxygens (including phenoxy) is 1. The minimum atomic E-state index is -5.02. The fourth-order valence-electron chi connectivity index (χ4n) is 5.33. The highest BCUT2D eigenvalue weighted by atomic mass is 35.5. The topological polar surface area (TPSA) is 95.9 Å². The van der Waals surface area contributed by atoms with E-state index < -0.39 is 18.8 Å². The van der Waals surface area contributed by atoms with Crippen molar-refractivity contribution in [3.8, 4) is 0 Å². The van der Waals surface area contributed by atoms with E-state index in [1.54, 1.807) is 4.68 Å². The first kappa shape index (κ1) is 138. The van der Waals surface area contributed by atoms with Crippen LogP contribution in [0.5, 0.6) is 0 Å². The molecule has 2 unspecified atom stereocenters. The number of esters is 1. The fraction of sp³-hybridized carbons (Fsp3) is 0.720. The molecule has 0 amide bonds. The van der Waals surface area contributed by atoms with Crippen LogP contribution in [0.25, 0.3) is 10.9 Å². The van der Waals surface area contributed by atoms with Gasteiger partial charge in [0.05, 0.1) is 11.7 Å². The lowest BCUT2D eigenvalue weighted by Crippen LogP contribution is -2.25. The van der Waals surface area contributed by atoms with Crippen molar-refractivity contribution in [1.82, 2.24) is 20.0 Å². The smallest absolute Gasteiger partial charge is 0.452 e. The van der Waals surface area contributed by atoms with Gasteiger partial charge in [0.2, 0.25) is 0 Å². The molecule has 0 radical (unpaired) electrons. The average Bonchev–Trinajstić information content (AvgIpc) is 3.26. The van der Waals surface area contributed by atoms with Gasteiger partial charge in [-0.05, 0) is 68.6 Å². The molecule has 390 valence electrons. The molecule has 0 spiro atoms. The van der Waals surface area contributed by atoms with Gasteiger partial charge in [-0.3, -0.25) is 9.67 Å². The average molecular weight is 921 g/mol. The molecule has 7 nitrogen and oxygen atoms in total. The van der Waals surface area contributed by atoms with Crippen LogP contribution in [-0.2, 0) is 29.1 Å². The summed E-state index contributed by atoms with van der Waals surface area (Å²) >= 11 is 6.16. The highest BCUT2D eigenvalue weighted by molar-refractivity contribution is 6.31. The third-order valence-corrected chi connectivity index (χ3v) is 7.08. The van der Waals surface area contributed by atoms with Crippen LogP contribution in [0.4, 0.5) is 18.9 Å². The Bertz CT molecular complexity index is 1350. The van der Waals surface area contributed by atoms with Crippen LogP contribution in [0, 0.1) is 5.92 Å². The van der Waals surface area contributed by atoms with Gasteiger partial charge < -0.3 is 10.5 Å². The molecule has 2 aliphatic rings. The number of carbonyl (C=O) groups is 1. The minimum absolute atomic E-state index is 0. The zero-order chi connectivity index (χ0) is 25.4. The van der Waals surface area contributed by atoms with Crippen LogP contribution in [0.2, 0.25) is 5.02 Å². The predicted octanol–water partition coefficient (Wildman–Crippen LogP) is 21.4. The quantitative estimate of drug-likeness (QED) is 0.144. The molecule has 0 saturated heterocycles. The van der Waals surface area contributed by atoms with E-state index in [2.05, 4.69) is 21.1 Å². The number of halogens is 4. The van der Waals surface area contributed by atoms with Gasteiger partial charge in [0.15, 0.2) is 0 Å². The highest BCUT2D eigenvalue weighted by Crippen LogP contribution is 2.47. The molecule has 3 aromatic rings. The molecular formula is C50H125ClF3N5O2. The number of carbonyl (C=O) groups excluding carboxylic acids is 1. The molecule has 0 saturated carbocycles. The van der Waals surface area contributed by atoms with Gasteiger partial charge in [-0.25, -0.2) is 4.79 Å². The van der Waals surface area contributed by atoms with E-state index in [9.17, 15) is 18.0 Å². The molecule has 2 N–H and O–H groups in total. The standard InChI is InChI=1S/C25H25ClF3N5O2.25CH4/c26-17-4-5-19-20(11-17)31-21-10-15-7-14(8-16(9-15)22(21)23(19)30)3-1-2-6-34-12-18(32-33-34)13-36-24(35)25(27,28)29;;;;;;;;;;;;;;;;;;;;;;;;;/h4-5,7,11-12,15-16H,1-3,6,8-10,13H2,(H2,30,31);25*1H4. The number of nitrogens with two attached hydrogens (primary N) is 1. The zero-order valence-electron chi connectivity index (χ0n) is 19.4. The van der Waals surface area contributed by atoms with Gasteiger partial charge in [-0.2, -0.15) is 13.2 Å². The highest BCUT2D eigenvalue weighted by Gasteiger charge is 2.41. The van der Waals surface area contributed by atoms with Crippen LogP contribution in [0.15, 0.2) is 36.0 Å². The lowest BCUT2D eigenvalue weighted by Gasteiger charge is -2.36. The number of aryl methyl sites for hydroxylation is 1. The van der Waals surface area contributed by atoms with Crippen molar-refractivity contribution >= 4 is 34.2 Å². The number of unbranched alkanes of at least 4 members (excludes halogenated alkanes) is 1. The summed E-state index contributed by atoms with van der Waals surface area (Å²) in [7, 11) is 0. The first-order chi connectivity index (χ1) is 17.2. The number of benzene rings is 1. The van der Waals surface area contributed by atoms with Crippen molar-refractivity contribution < 1.29 is 22.7 Å². The Kier molecular flexibility index (Phi) is 128. The summed E-state index contributed by atoms with van der Waals surface area (Å²) in [5.41, 5.74) is 12.2. The lowest BCUT2D eigenvalue weighted by atomic mass is 9.70. The molecule has 0 aliphatic heterocycles. The van der Waals surface area contributed by atoms with E-state index in [4.69, 9.17) is 22.3 Å². The Morgan fingerprint density at radius 3 is 1.72 bits per heavy atom. The maximum Gasteiger partial charge on any atom is 0.490 e. The monoisotopic (exact) mass is 920 g/mol. The van der Waals surface area contributed by atoms with E-state index in [0.717, 1.165) is 60.8 Å². The SMILES string of the molecule is C.C.C.C.C.C.C.C.C.C.C.C.C.C.C.C.C.C.C.C.C.C.C.C.C.Nc1c2c(nc3cc(Cl)ccc13)CC1C=C(CCCCn3cc(COC(=O)C(F)(F)F)nn3)CC2C1. The number of fused-ring (bicyclic) bond motifs is 5. The largest absolute Gasteiger partial charge is 0.490 e. The summed E-state index contributed by atoms with van der Waals surface area (Å²) in [5, 5.41) is 9.27. The number of hydrogen-bond donors (Lipinski definition) is 1. The molecule has 5 rings (SSSR count). The normalized spacial score (nSPS) is 11.3. The lowest BCUT2D eigenvalue weighted by molar-refractivity contribution is -0.201. The first-order valence-electron chi connectivity index (χ1n) is 11.9. The molecule has 2 aromatic heterocycles. The molecule has 61 heavy (non-hydrogen) atoms. The number of rotatable bonds is 7. The van der Waals surface area contributed by atoms with E-state index in [-0.39, 0.29) is 191 Å². The number of hydrogen-bond acceptors (Lipinski definition) is 6. The Morgan fingerprint density at radius 2 is 1.25 bits per heavy atom. The predicted molar refractivity (Wildman–Crippen MR) is 296 cm³/mol. The van der Waals surface area contributed by atoms with Crippen LogP contribution >= 0.6 is 11.6 Å². The number of pyridine rings is 1. The van der Waals surface area contributed by atoms with Crippen molar-refractivity contribution in [3.63, 3.8) is 0 Å². The van der Waals surface area contributed by atoms with Gasteiger partial charge in [0, 0.05) is 33.9 Å². The Morgan fingerprint density at radius 1 is 0.754 bits per heavy atom. The Hall–Kier alpha value is -3.14. The van der Waals surface area contributed by atoms with Gasteiger partial charge in [0.25, 0.3) is 0 Å². The summed E-state index contributed by atoms with van der Waals surface area (Å²) in [4.78, 5) is 15.7.